The van der Waals surface area contributed by atoms with Gasteiger partial charge >= 0.3 is 0 Å². The molecule has 0 fully saturated rings. The van der Waals surface area contributed by atoms with Crippen LogP contribution in [0.2, 0.25) is 0 Å². The second-order valence-electron chi connectivity index (χ2n) is 4.99. The molecule has 0 atom stereocenters. The number of fused-ring (bicyclic) bond motifs is 3. The summed E-state index contributed by atoms with van der Waals surface area (Å²) in [6.07, 6.45) is 0. The maximum Gasteiger partial charge on any atom is 0.194 e. The van der Waals surface area contributed by atoms with Gasteiger partial charge in [-0.1, -0.05) is 12.1 Å². The summed E-state index contributed by atoms with van der Waals surface area (Å²) in [7, 11) is 0. The minimum Gasteiger partial charge on any atom is -0.492 e. The molecule has 1 aliphatic carbocycles. The van der Waals surface area contributed by atoms with E-state index in [1.165, 1.54) is 0 Å². The topological polar surface area (TPSA) is 87.6 Å². The fourth-order valence-corrected chi connectivity index (χ4v) is 2.63. The van der Waals surface area contributed by atoms with Gasteiger partial charge in [0.05, 0.1) is 0 Å². The maximum atomic E-state index is 12.6. The summed E-state index contributed by atoms with van der Waals surface area (Å²) in [5.74, 6) is 1.32. The molecule has 0 saturated carbocycles. The highest BCUT2D eigenvalue weighted by atomic mass is 16.5. The molecule has 0 saturated heterocycles. The van der Waals surface area contributed by atoms with E-state index in [1.54, 1.807) is 6.07 Å². The van der Waals surface area contributed by atoms with E-state index in [0.717, 1.165) is 11.1 Å². The van der Waals surface area contributed by atoms with Crippen LogP contribution in [-0.2, 0) is 0 Å². The number of hydrogen-bond donors (Lipinski definition) is 2. The Labute approximate surface area is 128 Å². The second kappa shape index (κ2) is 6.17. The van der Waals surface area contributed by atoms with Crippen LogP contribution in [0.15, 0.2) is 36.4 Å². The van der Waals surface area contributed by atoms with Crippen LogP contribution >= 0.6 is 0 Å². The third-order valence-electron chi connectivity index (χ3n) is 3.54. The van der Waals surface area contributed by atoms with E-state index in [-0.39, 0.29) is 5.78 Å². The number of carbonyl (C=O) groups is 1. The molecule has 1 aliphatic rings. The molecule has 0 bridgehead atoms. The highest BCUT2D eigenvalue weighted by Gasteiger charge is 2.29. The number of nitrogens with two attached hydrogens (primary N) is 2. The highest BCUT2D eigenvalue weighted by molar-refractivity contribution is 6.22. The van der Waals surface area contributed by atoms with Crippen molar-refractivity contribution in [2.75, 3.05) is 26.3 Å². The molecule has 22 heavy (non-hydrogen) atoms. The van der Waals surface area contributed by atoms with Gasteiger partial charge in [-0.05, 0) is 29.8 Å². The van der Waals surface area contributed by atoms with Crippen molar-refractivity contribution >= 4 is 5.78 Å². The van der Waals surface area contributed by atoms with Crippen molar-refractivity contribution in [3.63, 3.8) is 0 Å². The normalized spacial score (nSPS) is 12.0. The lowest BCUT2D eigenvalue weighted by molar-refractivity contribution is 0.104. The molecule has 0 radical (unpaired) electrons. The number of hydrogen-bond acceptors (Lipinski definition) is 5. The molecule has 3 rings (SSSR count). The summed E-state index contributed by atoms with van der Waals surface area (Å²) in [5, 5.41) is 0. The van der Waals surface area contributed by atoms with E-state index in [0.29, 0.717) is 48.9 Å². The molecule has 0 heterocycles. The molecule has 0 aromatic heterocycles. The van der Waals surface area contributed by atoms with E-state index >= 15 is 0 Å². The van der Waals surface area contributed by atoms with Crippen molar-refractivity contribution in [2.24, 2.45) is 11.5 Å². The molecule has 0 aliphatic heterocycles. The zero-order chi connectivity index (χ0) is 15.5. The quantitative estimate of drug-likeness (QED) is 0.721. The van der Waals surface area contributed by atoms with E-state index < -0.39 is 0 Å². The van der Waals surface area contributed by atoms with Gasteiger partial charge in [0.15, 0.2) is 5.78 Å². The van der Waals surface area contributed by atoms with Gasteiger partial charge in [0.25, 0.3) is 0 Å². The Hall–Kier alpha value is -2.37. The van der Waals surface area contributed by atoms with Crippen molar-refractivity contribution in [1.82, 2.24) is 0 Å². The monoisotopic (exact) mass is 298 g/mol. The molecule has 0 spiro atoms. The molecular formula is C17H18N2O3. The second-order valence-corrected chi connectivity index (χ2v) is 4.99. The van der Waals surface area contributed by atoms with Crippen molar-refractivity contribution < 1.29 is 14.3 Å². The number of ketones is 1. The van der Waals surface area contributed by atoms with E-state index in [1.807, 2.05) is 30.3 Å². The summed E-state index contributed by atoms with van der Waals surface area (Å²) in [6, 6.07) is 11.0. The van der Waals surface area contributed by atoms with Crippen LogP contribution in [0.5, 0.6) is 11.5 Å². The molecule has 5 nitrogen and oxygen atoms in total. The number of ether oxygens (including phenoxy) is 2. The maximum absolute atomic E-state index is 12.6. The minimum atomic E-state index is -0.0126. The largest absolute Gasteiger partial charge is 0.492 e. The summed E-state index contributed by atoms with van der Waals surface area (Å²) in [4.78, 5) is 12.6. The first-order chi connectivity index (χ1) is 10.8. The number of carbonyl (C=O) groups excluding carboxylic acids is 1. The number of rotatable bonds is 6. The SMILES string of the molecule is NCCOc1ccc2c(c1)C(=O)c1cccc(OCCN)c1-2. The average Bonchev–Trinajstić information content (AvgIpc) is 2.84. The fourth-order valence-electron chi connectivity index (χ4n) is 2.63. The van der Waals surface area contributed by atoms with Crippen LogP contribution in [0, 0.1) is 0 Å². The van der Waals surface area contributed by atoms with Gasteiger partial charge in [-0.2, -0.15) is 0 Å². The Morgan fingerprint density at radius 1 is 0.864 bits per heavy atom. The van der Waals surface area contributed by atoms with Crippen molar-refractivity contribution in [1.29, 1.82) is 0 Å². The van der Waals surface area contributed by atoms with Crippen LogP contribution in [0.1, 0.15) is 15.9 Å². The molecule has 4 N–H and O–H groups in total. The van der Waals surface area contributed by atoms with E-state index in [4.69, 9.17) is 20.9 Å². The van der Waals surface area contributed by atoms with E-state index in [9.17, 15) is 4.79 Å². The smallest absolute Gasteiger partial charge is 0.194 e. The molecule has 114 valence electrons. The Kier molecular flexibility index (Phi) is 4.09. The Morgan fingerprint density at radius 2 is 1.64 bits per heavy atom. The van der Waals surface area contributed by atoms with Crippen molar-refractivity contribution in [3.8, 4) is 22.6 Å². The lowest BCUT2D eigenvalue weighted by atomic mass is 10.0. The summed E-state index contributed by atoms with van der Waals surface area (Å²) >= 11 is 0. The van der Waals surface area contributed by atoms with Crippen LogP contribution in [0.4, 0.5) is 0 Å². The lowest BCUT2D eigenvalue weighted by Crippen LogP contribution is -2.11. The first-order valence-corrected chi connectivity index (χ1v) is 7.24. The first kappa shape index (κ1) is 14.6. The highest BCUT2D eigenvalue weighted by Crippen LogP contribution is 2.43. The van der Waals surface area contributed by atoms with Gasteiger partial charge in [-0.25, -0.2) is 0 Å². The number of benzene rings is 2. The molecule has 0 amide bonds. The Bertz CT molecular complexity index is 713. The van der Waals surface area contributed by atoms with Crippen LogP contribution < -0.4 is 20.9 Å². The van der Waals surface area contributed by atoms with Crippen molar-refractivity contribution in [3.05, 3.63) is 47.5 Å². The molecular weight excluding hydrogens is 280 g/mol. The average molecular weight is 298 g/mol. The molecule has 2 aromatic carbocycles. The van der Waals surface area contributed by atoms with Gasteiger partial charge in [0, 0.05) is 29.8 Å². The van der Waals surface area contributed by atoms with Gasteiger partial charge in [-0.15, -0.1) is 0 Å². The third-order valence-corrected chi connectivity index (χ3v) is 3.54. The first-order valence-electron chi connectivity index (χ1n) is 7.24. The Balaban J connectivity index is 2.03. The zero-order valence-corrected chi connectivity index (χ0v) is 12.2. The predicted molar refractivity (Wildman–Crippen MR) is 84.4 cm³/mol. The summed E-state index contributed by atoms with van der Waals surface area (Å²) < 4.78 is 11.2. The zero-order valence-electron chi connectivity index (χ0n) is 12.2. The van der Waals surface area contributed by atoms with E-state index in [2.05, 4.69) is 0 Å². The van der Waals surface area contributed by atoms with Gasteiger partial charge in [-0.3, -0.25) is 4.79 Å². The fraction of sp³-hybridized carbons (Fsp3) is 0.235. The van der Waals surface area contributed by atoms with Gasteiger partial charge in [0.2, 0.25) is 0 Å². The van der Waals surface area contributed by atoms with Gasteiger partial charge < -0.3 is 20.9 Å². The predicted octanol–water partition coefficient (Wildman–Crippen LogP) is 1.57. The standard InChI is InChI=1S/C17H18N2O3/c18-6-8-21-11-4-5-12-14(10-11)17(20)13-2-1-3-15(16(12)13)22-9-7-19/h1-5,10H,6-9,18-19H2. The Morgan fingerprint density at radius 3 is 2.41 bits per heavy atom. The minimum absolute atomic E-state index is 0.0126. The molecule has 5 heteroatoms. The molecule has 2 aromatic rings. The summed E-state index contributed by atoms with van der Waals surface area (Å²) in [6.45, 7) is 1.70. The van der Waals surface area contributed by atoms with Crippen LogP contribution in [-0.4, -0.2) is 32.1 Å². The third kappa shape index (κ3) is 2.45. The summed E-state index contributed by atoms with van der Waals surface area (Å²) in [5.41, 5.74) is 13.9. The van der Waals surface area contributed by atoms with Crippen LogP contribution in [0.25, 0.3) is 11.1 Å². The lowest BCUT2D eigenvalue weighted by Gasteiger charge is -2.10. The van der Waals surface area contributed by atoms with Crippen molar-refractivity contribution in [2.45, 2.75) is 0 Å². The van der Waals surface area contributed by atoms with Crippen LogP contribution in [0.3, 0.4) is 0 Å². The van der Waals surface area contributed by atoms with Gasteiger partial charge in [0.1, 0.15) is 24.7 Å². The molecule has 0 unspecified atom stereocenters.